The van der Waals surface area contributed by atoms with Crippen LogP contribution < -0.4 is 10.0 Å². The number of nitrogens with one attached hydrogen (secondary N) is 1. The van der Waals surface area contributed by atoms with Gasteiger partial charge in [-0.05, 0) is 6.92 Å². The summed E-state index contributed by atoms with van der Waals surface area (Å²) in [5.74, 6) is 0. The highest BCUT2D eigenvalue weighted by Crippen LogP contribution is 2.12. The van der Waals surface area contributed by atoms with E-state index >= 15 is 0 Å². The van der Waals surface area contributed by atoms with Gasteiger partial charge in [-0.2, -0.15) is 4.57 Å². The zero-order valence-corrected chi connectivity index (χ0v) is 10.6. The summed E-state index contributed by atoms with van der Waals surface area (Å²) in [6.45, 7) is 2.07. The fourth-order valence-electron chi connectivity index (χ4n) is 1.65. The van der Waals surface area contributed by atoms with Crippen LogP contribution in [0.3, 0.4) is 0 Å². The molecule has 3 nitrogen and oxygen atoms in total. The largest absolute Gasteiger partial charge is 0.279 e. The Labute approximate surface area is 107 Å². The van der Waals surface area contributed by atoms with E-state index in [0.29, 0.717) is 0 Å². The standard InChI is InChI=1S/C15H17N2O/c1-13-6-8-14(9-7-13)15(16-18-2)12-17-10-4-3-5-11-17/h3-12,16H,1-2H3/q+1. The minimum absolute atomic E-state index is 0.911. The fourth-order valence-corrected chi connectivity index (χ4v) is 1.65. The van der Waals surface area contributed by atoms with Gasteiger partial charge in [0.1, 0.15) is 5.70 Å². The summed E-state index contributed by atoms with van der Waals surface area (Å²) in [7, 11) is 1.61. The summed E-state index contributed by atoms with van der Waals surface area (Å²) < 4.78 is 1.97. The molecule has 0 radical (unpaired) electrons. The molecular weight excluding hydrogens is 224 g/mol. The second-order valence-corrected chi connectivity index (χ2v) is 4.04. The SMILES string of the molecule is CONC(=C[n+]1ccccc1)c1ccc(C)cc1. The molecule has 0 fully saturated rings. The molecule has 0 unspecified atom stereocenters. The van der Waals surface area contributed by atoms with Crippen molar-refractivity contribution in [3.05, 3.63) is 66.0 Å². The zero-order valence-electron chi connectivity index (χ0n) is 10.6. The molecule has 2 aromatic rings. The molecule has 18 heavy (non-hydrogen) atoms. The third-order valence-electron chi connectivity index (χ3n) is 2.59. The molecule has 0 atom stereocenters. The summed E-state index contributed by atoms with van der Waals surface area (Å²) in [5, 5.41) is 0. The molecule has 0 saturated carbocycles. The van der Waals surface area contributed by atoms with Crippen LogP contribution in [0.1, 0.15) is 11.1 Å². The normalized spacial score (nSPS) is 11.3. The number of hydrogen-bond acceptors (Lipinski definition) is 2. The first-order valence-electron chi connectivity index (χ1n) is 5.83. The molecule has 0 saturated heterocycles. The van der Waals surface area contributed by atoms with Crippen LogP contribution in [0.15, 0.2) is 54.9 Å². The molecule has 0 spiro atoms. The molecule has 0 amide bonds. The van der Waals surface area contributed by atoms with Gasteiger partial charge in [-0.3, -0.25) is 10.3 Å². The quantitative estimate of drug-likeness (QED) is 0.657. The third-order valence-corrected chi connectivity index (χ3v) is 2.59. The molecule has 1 N–H and O–H groups in total. The molecule has 0 aliphatic carbocycles. The molecule has 1 heterocycles. The third kappa shape index (κ3) is 3.18. The van der Waals surface area contributed by atoms with Gasteiger partial charge in [-0.25, -0.2) is 0 Å². The minimum Gasteiger partial charge on any atom is -0.279 e. The number of aromatic nitrogens is 1. The van der Waals surface area contributed by atoms with E-state index in [0.717, 1.165) is 11.3 Å². The summed E-state index contributed by atoms with van der Waals surface area (Å²) in [4.78, 5) is 5.03. The van der Waals surface area contributed by atoms with Gasteiger partial charge in [0.25, 0.3) is 0 Å². The monoisotopic (exact) mass is 241 g/mol. The predicted molar refractivity (Wildman–Crippen MR) is 72.1 cm³/mol. The molecular formula is C15H17N2O+. The van der Waals surface area contributed by atoms with Crippen molar-refractivity contribution < 1.29 is 9.40 Å². The molecule has 0 aliphatic heterocycles. The number of hydroxylamine groups is 1. The summed E-state index contributed by atoms with van der Waals surface area (Å²) >= 11 is 0. The number of benzene rings is 1. The van der Waals surface area contributed by atoms with Gasteiger partial charge in [0.15, 0.2) is 12.4 Å². The predicted octanol–water partition coefficient (Wildman–Crippen LogP) is 2.39. The first-order valence-corrected chi connectivity index (χ1v) is 5.83. The molecule has 2 rings (SSSR count). The van der Waals surface area contributed by atoms with Crippen LogP contribution in [0.5, 0.6) is 0 Å². The van der Waals surface area contributed by atoms with Gasteiger partial charge in [0, 0.05) is 17.7 Å². The molecule has 0 bridgehead atoms. The maximum absolute atomic E-state index is 5.03. The van der Waals surface area contributed by atoms with E-state index in [-0.39, 0.29) is 0 Å². The molecule has 1 aromatic carbocycles. The van der Waals surface area contributed by atoms with Crippen LogP contribution in [-0.2, 0) is 4.84 Å². The Bertz CT molecular complexity index is 518. The van der Waals surface area contributed by atoms with Crippen LogP contribution in [0.2, 0.25) is 0 Å². The number of nitrogens with zero attached hydrogens (tertiary/aromatic N) is 1. The number of pyridine rings is 1. The highest BCUT2D eigenvalue weighted by atomic mass is 16.6. The van der Waals surface area contributed by atoms with E-state index in [1.165, 1.54) is 5.56 Å². The van der Waals surface area contributed by atoms with Crippen LogP contribution in [0.25, 0.3) is 11.9 Å². The first-order chi connectivity index (χ1) is 8.79. The summed E-state index contributed by atoms with van der Waals surface area (Å²) in [6.07, 6.45) is 5.94. The molecule has 3 heteroatoms. The molecule has 92 valence electrons. The number of rotatable bonds is 4. The van der Waals surface area contributed by atoms with Crippen molar-refractivity contribution in [1.82, 2.24) is 5.48 Å². The average molecular weight is 241 g/mol. The molecule has 1 aromatic heterocycles. The Kier molecular flexibility index (Phi) is 4.10. The van der Waals surface area contributed by atoms with Crippen LogP contribution in [0, 0.1) is 6.92 Å². The van der Waals surface area contributed by atoms with E-state index in [9.17, 15) is 0 Å². The smallest absolute Gasteiger partial charge is 0.200 e. The highest BCUT2D eigenvalue weighted by molar-refractivity contribution is 5.70. The average Bonchev–Trinajstić information content (AvgIpc) is 2.40. The summed E-state index contributed by atoms with van der Waals surface area (Å²) in [6, 6.07) is 14.2. The highest BCUT2D eigenvalue weighted by Gasteiger charge is 2.05. The van der Waals surface area contributed by atoms with Crippen molar-refractivity contribution >= 4 is 11.9 Å². The second-order valence-electron chi connectivity index (χ2n) is 4.04. The van der Waals surface area contributed by atoms with Crippen molar-refractivity contribution in [2.24, 2.45) is 0 Å². The van der Waals surface area contributed by atoms with Gasteiger partial charge in [0.2, 0.25) is 6.20 Å². The van der Waals surface area contributed by atoms with Crippen molar-refractivity contribution in [3.8, 4) is 0 Å². The Balaban J connectivity index is 2.33. The number of aryl methyl sites for hydroxylation is 1. The van der Waals surface area contributed by atoms with Crippen LogP contribution in [-0.4, -0.2) is 7.11 Å². The van der Waals surface area contributed by atoms with Gasteiger partial charge in [-0.1, -0.05) is 35.9 Å². The minimum atomic E-state index is 0.911. The van der Waals surface area contributed by atoms with E-state index < -0.39 is 0 Å². The zero-order chi connectivity index (χ0) is 12.8. The van der Waals surface area contributed by atoms with Crippen molar-refractivity contribution in [2.75, 3.05) is 7.11 Å². The lowest BCUT2D eigenvalue weighted by Gasteiger charge is -2.06. The van der Waals surface area contributed by atoms with Gasteiger partial charge >= 0.3 is 0 Å². The van der Waals surface area contributed by atoms with Gasteiger partial charge < -0.3 is 0 Å². The topological polar surface area (TPSA) is 25.1 Å². The fraction of sp³-hybridized carbons (Fsp3) is 0.133. The maximum atomic E-state index is 5.03. The van der Waals surface area contributed by atoms with E-state index in [1.54, 1.807) is 7.11 Å². The lowest BCUT2D eigenvalue weighted by molar-refractivity contribution is -0.567. The second kappa shape index (κ2) is 5.98. The molecule has 0 aliphatic rings. The van der Waals surface area contributed by atoms with Crippen molar-refractivity contribution in [3.63, 3.8) is 0 Å². The Morgan fingerprint density at radius 2 is 1.78 bits per heavy atom. The lowest BCUT2D eigenvalue weighted by Crippen LogP contribution is -2.26. The van der Waals surface area contributed by atoms with E-state index in [4.69, 9.17) is 4.84 Å². The van der Waals surface area contributed by atoms with Crippen LogP contribution in [0.4, 0.5) is 0 Å². The first kappa shape index (κ1) is 12.3. The van der Waals surface area contributed by atoms with Gasteiger partial charge in [0.05, 0.1) is 7.11 Å². The van der Waals surface area contributed by atoms with Crippen LogP contribution >= 0.6 is 0 Å². The lowest BCUT2D eigenvalue weighted by atomic mass is 10.1. The van der Waals surface area contributed by atoms with E-state index in [2.05, 4.69) is 36.7 Å². The summed E-state index contributed by atoms with van der Waals surface area (Å²) in [5.41, 5.74) is 6.14. The van der Waals surface area contributed by atoms with Crippen molar-refractivity contribution in [2.45, 2.75) is 6.92 Å². The Morgan fingerprint density at radius 3 is 2.39 bits per heavy atom. The van der Waals surface area contributed by atoms with Gasteiger partial charge in [-0.15, -0.1) is 0 Å². The van der Waals surface area contributed by atoms with E-state index in [1.807, 2.05) is 41.4 Å². The maximum Gasteiger partial charge on any atom is 0.200 e. The number of hydrogen-bond donors (Lipinski definition) is 1. The van der Waals surface area contributed by atoms with Crippen molar-refractivity contribution in [1.29, 1.82) is 0 Å². The Morgan fingerprint density at radius 1 is 1.11 bits per heavy atom. The Hall–Kier alpha value is -2.13.